The van der Waals surface area contributed by atoms with Crippen LogP contribution in [0.1, 0.15) is 20.8 Å². The summed E-state index contributed by atoms with van der Waals surface area (Å²) in [5.41, 5.74) is -0.198. The van der Waals surface area contributed by atoms with Gasteiger partial charge in [0.25, 0.3) is 5.56 Å². The zero-order chi connectivity index (χ0) is 13.7. The minimum Gasteiger partial charge on any atom is -0.352 e. The maximum atomic E-state index is 11.9. The molecule has 0 aromatic carbocycles. The van der Waals surface area contributed by atoms with Crippen molar-refractivity contribution in [2.75, 3.05) is 18.0 Å². The number of likely N-dealkylation sites (N-methyl/N-ethyl adjacent to an activating group) is 1. The summed E-state index contributed by atoms with van der Waals surface area (Å²) in [7, 11) is 1.66. The summed E-state index contributed by atoms with van der Waals surface area (Å²) in [6.07, 6.45) is 3.15. The van der Waals surface area contributed by atoms with Crippen LogP contribution in [0.3, 0.4) is 0 Å². The van der Waals surface area contributed by atoms with Gasteiger partial charge in [0, 0.05) is 32.0 Å². The Balaban J connectivity index is 2.87. The summed E-state index contributed by atoms with van der Waals surface area (Å²) in [4.78, 5) is 29.3. The zero-order valence-electron chi connectivity index (χ0n) is 11.3. The second kappa shape index (κ2) is 6.18. The van der Waals surface area contributed by atoms with E-state index in [2.05, 4.69) is 10.3 Å². The monoisotopic (exact) mass is 252 g/mol. The summed E-state index contributed by atoms with van der Waals surface area (Å²) in [5.74, 6) is 0.195. The van der Waals surface area contributed by atoms with Crippen LogP contribution in [-0.2, 0) is 11.8 Å². The Labute approximate surface area is 107 Å². The predicted octanol–water partition coefficient (Wildman–Crippen LogP) is 0.131. The van der Waals surface area contributed by atoms with E-state index in [1.807, 2.05) is 20.8 Å². The fourth-order valence-electron chi connectivity index (χ4n) is 1.58. The topological polar surface area (TPSA) is 67.2 Å². The van der Waals surface area contributed by atoms with Gasteiger partial charge in [0.2, 0.25) is 5.91 Å². The minimum atomic E-state index is -0.198. The van der Waals surface area contributed by atoms with E-state index < -0.39 is 0 Å². The minimum absolute atomic E-state index is 0.0859. The number of aromatic nitrogens is 2. The van der Waals surface area contributed by atoms with Gasteiger partial charge in [-0.2, -0.15) is 0 Å². The molecule has 1 aromatic heterocycles. The molecule has 0 atom stereocenters. The van der Waals surface area contributed by atoms with Gasteiger partial charge in [0.1, 0.15) is 0 Å². The number of carbonyl (C=O) groups is 1. The van der Waals surface area contributed by atoms with Gasteiger partial charge in [0.15, 0.2) is 5.82 Å². The van der Waals surface area contributed by atoms with Crippen LogP contribution in [0.2, 0.25) is 0 Å². The molecular formula is C12H20N4O2. The second-order valence-corrected chi connectivity index (χ2v) is 4.40. The fourth-order valence-corrected chi connectivity index (χ4v) is 1.58. The highest BCUT2D eigenvalue weighted by atomic mass is 16.2. The number of carbonyl (C=O) groups excluding carboxylic acids is 1. The molecule has 1 rings (SSSR count). The first-order valence-electron chi connectivity index (χ1n) is 6.01. The Hall–Kier alpha value is -1.85. The van der Waals surface area contributed by atoms with Crippen LogP contribution in [0, 0.1) is 0 Å². The Morgan fingerprint density at radius 3 is 2.78 bits per heavy atom. The number of hydrogen-bond acceptors (Lipinski definition) is 4. The van der Waals surface area contributed by atoms with Gasteiger partial charge in [-0.05, 0) is 20.8 Å². The van der Waals surface area contributed by atoms with E-state index in [9.17, 15) is 9.59 Å². The van der Waals surface area contributed by atoms with Crippen LogP contribution >= 0.6 is 0 Å². The molecular weight excluding hydrogens is 232 g/mol. The Morgan fingerprint density at radius 2 is 2.22 bits per heavy atom. The van der Waals surface area contributed by atoms with E-state index in [4.69, 9.17) is 0 Å². The molecule has 0 aliphatic heterocycles. The van der Waals surface area contributed by atoms with Crippen LogP contribution in [0.5, 0.6) is 0 Å². The van der Waals surface area contributed by atoms with E-state index in [0.29, 0.717) is 12.4 Å². The van der Waals surface area contributed by atoms with Crippen molar-refractivity contribution in [2.45, 2.75) is 26.8 Å². The molecule has 0 radical (unpaired) electrons. The lowest BCUT2D eigenvalue weighted by Gasteiger charge is -2.21. The van der Waals surface area contributed by atoms with Gasteiger partial charge in [-0.1, -0.05) is 0 Å². The van der Waals surface area contributed by atoms with Crippen LogP contribution in [0.25, 0.3) is 0 Å². The van der Waals surface area contributed by atoms with Gasteiger partial charge < -0.3 is 14.8 Å². The molecule has 1 aromatic rings. The number of anilines is 1. The average molecular weight is 252 g/mol. The SMILES string of the molecule is CCN(CC(=O)NC(C)C)c1nccn(C)c1=O. The van der Waals surface area contributed by atoms with Crippen LogP contribution in [0.4, 0.5) is 5.82 Å². The summed E-state index contributed by atoms with van der Waals surface area (Å²) in [5, 5.41) is 2.79. The number of hydrogen-bond donors (Lipinski definition) is 1. The molecule has 6 heteroatoms. The Morgan fingerprint density at radius 1 is 1.56 bits per heavy atom. The van der Waals surface area contributed by atoms with Crippen molar-refractivity contribution in [2.24, 2.45) is 7.05 Å². The summed E-state index contributed by atoms with van der Waals surface area (Å²) < 4.78 is 1.45. The van der Waals surface area contributed by atoms with Crippen molar-refractivity contribution in [1.82, 2.24) is 14.9 Å². The molecule has 100 valence electrons. The number of nitrogens with one attached hydrogen (secondary N) is 1. The molecule has 18 heavy (non-hydrogen) atoms. The van der Waals surface area contributed by atoms with Crippen molar-refractivity contribution in [3.63, 3.8) is 0 Å². The van der Waals surface area contributed by atoms with Gasteiger partial charge in [-0.25, -0.2) is 4.98 Å². The van der Waals surface area contributed by atoms with E-state index in [-0.39, 0.29) is 24.1 Å². The number of amides is 1. The standard InChI is InChI=1S/C12H20N4O2/c1-5-16(8-10(17)14-9(2)3)11-12(18)15(4)7-6-13-11/h6-7,9H,5,8H2,1-4H3,(H,14,17). The molecule has 0 aliphatic rings. The highest BCUT2D eigenvalue weighted by Gasteiger charge is 2.15. The van der Waals surface area contributed by atoms with Crippen LogP contribution in [-0.4, -0.2) is 34.6 Å². The average Bonchev–Trinajstić information content (AvgIpc) is 2.29. The summed E-state index contributed by atoms with van der Waals surface area (Å²) in [6.45, 7) is 6.37. The molecule has 0 saturated heterocycles. The number of rotatable bonds is 5. The second-order valence-electron chi connectivity index (χ2n) is 4.40. The van der Waals surface area contributed by atoms with Crippen molar-refractivity contribution < 1.29 is 4.79 Å². The first-order chi connectivity index (χ1) is 8.45. The third-order valence-corrected chi connectivity index (χ3v) is 2.46. The third-order valence-electron chi connectivity index (χ3n) is 2.46. The molecule has 0 spiro atoms. The third kappa shape index (κ3) is 3.58. The lowest BCUT2D eigenvalue weighted by molar-refractivity contribution is -0.120. The van der Waals surface area contributed by atoms with Crippen LogP contribution in [0.15, 0.2) is 17.2 Å². The van der Waals surface area contributed by atoms with Crippen molar-refractivity contribution in [3.8, 4) is 0 Å². The lowest BCUT2D eigenvalue weighted by atomic mass is 10.3. The van der Waals surface area contributed by atoms with Crippen LogP contribution < -0.4 is 15.8 Å². The molecule has 0 saturated carbocycles. The van der Waals surface area contributed by atoms with E-state index >= 15 is 0 Å². The molecule has 1 heterocycles. The molecule has 1 N–H and O–H groups in total. The smallest absolute Gasteiger partial charge is 0.293 e. The molecule has 6 nitrogen and oxygen atoms in total. The van der Waals surface area contributed by atoms with E-state index in [1.54, 1.807) is 24.3 Å². The fraction of sp³-hybridized carbons (Fsp3) is 0.583. The quantitative estimate of drug-likeness (QED) is 0.809. The number of aryl methyl sites for hydroxylation is 1. The van der Waals surface area contributed by atoms with Gasteiger partial charge in [-0.3, -0.25) is 9.59 Å². The van der Waals surface area contributed by atoms with Crippen molar-refractivity contribution in [1.29, 1.82) is 0 Å². The first-order valence-corrected chi connectivity index (χ1v) is 6.01. The summed E-state index contributed by atoms with van der Waals surface area (Å²) in [6, 6.07) is 0.0859. The van der Waals surface area contributed by atoms with Gasteiger partial charge in [0.05, 0.1) is 6.54 Å². The maximum absolute atomic E-state index is 11.9. The van der Waals surface area contributed by atoms with Gasteiger partial charge >= 0.3 is 0 Å². The van der Waals surface area contributed by atoms with E-state index in [1.165, 1.54) is 4.57 Å². The largest absolute Gasteiger partial charge is 0.352 e. The molecule has 1 amide bonds. The van der Waals surface area contributed by atoms with Gasteiger partial charge in [-0.15, -0.1) is 0 Å². The highest BCUT2D eigenvalue weighted by Crippen LogP contribution is 2.02. The lowest BCUT2D eigenvalue weighted by Crippen LogP contribution is -2.42. The molecule has 0 unspecified atom stereocenters. The van der Waals surface area contributed by atoms with Crippen molar-refractivity contribution in [3.05, 3.63) is 22.7 Å². The molecule has 0 fully saturated rings. The molecule has 0 aliphatic carbocycles. The van der Waals surface area contributed by atoms with Crippen molar-refractivity contribution >= 4 is 11.7 Å². The summed E-state index contributed by atoms with van der Waals surface area (Å²) >= 11 is 0. The predicted molar refractivity (Wildman–Crippen MR) is 70.6 cm³/mol. The number of nitrogens with zero attached hydrogens (tertiary/aromatic N) is 3. The highest BCUT2D eigenvalue weighted by molar-refractivity contribution is 5.81. The zero-order valence-corrected chi connectivity index (χ0v) is 11.3. The Bertz CT molecular complexity index is 467. The normalized spacial score (nSPS) is 10.5. The Kier molecular flexibility index (Phi) is 4.88. The molecule has 0 bridgehead atoms. The maximum Gasteiger partial charge on any atom is 0.293 e. The first kappa shape index (κ1) is 14.2. The van der Waals surface area contributed by atoms with E-state index in [0.717, 1.165) is 0 Å².